The van der Waals surface area contributed by atoms with Crippen LogP contribution < -0.4 is 11.1 Å². The molecule has 3 aliphatic rings. The fraction of sp³-hybridized carbons (Fsp3) is 0.588. The molecular formula is C17H23N3O3S. The molecule has 3 N–H and O–H groups in total. The van der Waals surface area contributed by atoms with E-state index in [-0.39, 0.29) is 22.7 Å². The Labute approximate surface area is 146 Å². The summed E-state index contributed by atoms with van der Waals surface area (Å²) in [6, 6.07) is 0. The van der Waals surface area contributed by atoms with Crippen molar-refractivity contribution in [2.75, 3.05) is 6.54 Å². The Morgan fingerprint density at radius 1 is 1.38 bits per heavy atom. The highest BCUT2D eigenvalue weighted by molar-refractivity contribution is 8.04. The normalized spacial score (nSPS) is 30.1. The summed E-state index contributed by atoms with van der Waals surface area (Å²) >= 11 is 1.47. The van der Waals surface area contributed by atoms with E-state index in [1.165, 1.54) is 11.8 Å². The van der Waals surface area contributed by atoms with E-state index in [0.717, 1.165) is 0 Å². The van der Waals surface area contributed by atoms with Gasteiger partial charge in [-0.25, -0.2) is 0 Å². The number of hydrogen-bond donors (Lipinski definition) is 2. The zero-order valence-corrected chi connectivity index (χ0v) is 15.2. The van der Waals surface area contributed by atoms with Gasteiger partial charge >= 0.3 is 0 Å². The second-order valence-electron chi connectivity index (χ2n) is 7.50. The van der Waals surface area contributed by atoms with Gasteiger partial charge in [-0.15, -0.1) is 11.8 Å². The van der Waals surface area contributed by atoms with Crippen molar-refractivity contribution in [2.24, 2.45) is 16.6 Å². The molecule has 24 heavy (non-hydrogen) atoms. The second kappa shape index (κ2) is 5.74. The van der Waals surface area contributed by atoms with Gasteiger partial charge in [-0.3, -0.25) is 14.6 Å². The van der Waals surface area contributed by atoms with E-state index in [1.54, 1.807) is 6.08 Å². The molecule has 0 saturated carbocycles. The molecular weight excluding hydrogens is 326 g/mol. The minimum atomic E-state index is -0.484. The first kappa shape index (κ1) is 17.2. The SMILES string of the molecule is CC1(C)CC2C(C(N)=O)=C(NC(=O)C3=NCC=C3)SC2C(C)(C)O1. The van der Waals surface area contributed by atoms with Crippen LogP contribution in [0.2, 0.25) is 0 Å². The Kier molecular flexibility index (Phi) is 4.12. The average molecular weight is 349 g/mol. The maximum Gasteiger partial charge on any atom is 0.274 e. The van der Waals surface area contributed by atoms with Gasteiger partial charge in [0.2, 0.25) is 5.91 Å². The molecule has 0 spiro atoms. The molecule has 7 heteroatoms. The molecule has 2 atom stereocenters. The lowest BCUT2D eigenvalue weighted by Crippen LogP contribution is -2.53. The summed E-state index contributed by atoms with van der Waals surface area (Å²) in [7, 11) is 0. The van der Waals surface area contributed by atoms with E-state index >= 15 is 0 Å². The van der Waals surface area contributed by atoms with Crippen molar-refractivity contribution in [3.63, 3.8) is 0 Å². The fourth-order valence-electron chi connectivity index (χ4n) is 3.84. The first-order chi connectivity index (χ1) is 11.1. The largest absolute Gasteiger partial charge is 0.368 e. The van der Waals surface area contributed by atoms with Gasteiger partial charge in [-0.05, 0) is 40.2 Å². The second-order valence-corrected chi connectivity index (χ2v) is 8.66. The van der Waals surface area contributed by atoms with Crippen molar-refractivity contribution in [1.29, 1.82) is 0 Å². The Morgan fingerprint density at radius 3 is 2.67 bits per heavy atom. The van der Waals surface area contributed by atoms with Crippen LogP contribution in [-0.4, -0.2) is 40.5 Å². The predicted octanol–water partition coefficient (Wildman–Crippen LogP) is 1.52. The molecule has 0 aromatic carbocycles. The third kappa shape index (κ3) is 3.02. The van der Waals surface area contributed by atoms with Crippen LogP contribution in [0.4, 0.5) is 0 Å². The zero-order chi connectivity index (χ0) is 17.7. The molecule has 3 heterocycles. The molecule has 3 aliphatic heterocycles. The van der Waals surface area contributed by atoms with E-state index in [4.69, 9.17) is 10.5 Å². The van der Waals surface area contributed by atoms with Gasteiger partial charge in [0.15, 0.2) is 0 Å². The highest BCUT2D eigenvalue weighted by Gasteiger charge is 2.54. The molecule has 2 amide bonds. The number of aliphatic imine (C=N–C) groups is 1. The number of fused-ring (bicyclic) bond motifs is 1. The van der Waals surface area contributed by atoms with Crippen LogP contribution in [0.1, 0.15) is 34.1 Å². The van der Waals surface area contributed by atoms with Crippen LogP contribution in [0.25, 0.3) is 0 Å². The molecule has 1 fully saturated rings. The summed E-state index contributed by atoms with van der Waals surface area (Å²) in [6.45, 7) is 8.58. The predicted molar refractivity (Wildman–Crippen MR) is 94.5 cm³/mol. The maximum atomic E-state index is 12.3. The number of ether oxygens (including phenoxy) is 1. The van der Waals surface area contributed by atoms with Crippen LogP contribution in [0.15, 0.2) is 27.7 Å². The highest BCUT2D eigenvalue weighted by atomic mass is 32.2. The average Bonchev–Trinajstić information content (AvgIpc) is 3.03. The van der Waals surface area contributed by atoms with Gasteiger partial charge in [0.05, 0.1) is 28.3 Å². The quantitative estimate of drug-likeness (QED) is 0.808. The van der Waals surface area contributed by atoms with Gasteiger partial charge in [-0.2, -0.15) is 0 Å². The van der Waals surface area contributed by atoms with Gasteiger partial charge < -0.3 is 15.8 Å². The molecule has 130 valence electrons. The Hall–Kier alpha value is -1.60. The molecule has 0 aromatic rings. The van der Waals surface area contributed by atoms with Crippen molar-refractivity contribution in [3.05, 3.63) is 22.8 Å². The van der Waals surface area contributed by atoms with Crippen LogP contribution in [0.5, 0.6) is 0 Å². The molecule has 0 aliphatic carbocycles. The highest BCUT2D eigenvalue weighted by Crippen LogP contribution is 2.54. The smallest absolute Gasteiger partial charge is 0.274 e. The minimum Gasteiger partial charge on any atom is -0.368 e. The number of thioether (sulfide) groups is 1. The zero-order valence-electron chi connectivity index (χ0n) is 14.4. The van der Waals surface area contributed by atoms with E-state index < -0.39 is 11.5 Å². The number of hydrogen-bond acceptors (Lipinski definition) is 5. The number of nitrogens with two attached hydrogens (primary N) is 1. The summed E-state index contributed by atoms with van der Waals surface area (Å²) in [5.74, 6) is -0.827. The number of nitrogens with one attached hydrogen (secondary N) is 1. The molecule has 0 radical (unpaired) electrons. The van der Waals surface area contributed by atoms with Crippen molar-refractivity contribution in [1.82, 2.24) is 5.32 Å². The number of rotatable bonds is 3. The van der Waals surface area contributed by atoms with Crippen molar-refractivity contribution in [3.8, 4) is 0 Å². The third-order valence-electron chi connectivity index (χ3n) is 4.53. The number of primary amides is 1. The van der Waals surface area contributed by atoms with Crippen molar-refractivity contribution in [2.45, 2.75) is 50.6 Å². The van der Waals surface area contributed by atoms with Crippen LogP contribution in [0, 0.1) is 5.92 Å². The Morgan fingerprint density at radius 2 is 2.08 bits per heavy atom. The Balaban J connectivity index is 1.92. The first-order valence-electron chi connectivity index (χ1n) is 8.04. The topological polar surface area (TPSA) is 93.8 Å². The maximum absolute atomic E-state index is 12.3. The lowest BCUT2D eigenvalue weighted by Gasteiger charge is -2.48. The van der Waals surface area contributed by atoms with Crippen molar-refractivity contribution < 1.29 is 14.3 Å². The number of nitrogens with zero attached hydrogens (tertiary/aromatic N) is 1. The van der Waals surface area contributed by atoms with Gasteiger partial charge in [0.1, 0.15) is 5.71 Å². The summed E-state index contributed by atoms with van der Waals surface area (Å²) < 4.78 is 6.21. The molecule has 0 bridgehead atoms. The monoisotopic (exact) mass is 349 g/mol. The minimum absolute atomic E-state index is 0.0318. The van der Waals surface area contributed by atoms with Crippen LogP contribution in [0.3, 0.4) is 0 Å². The van der Waals surface area contributed by atoms with E-state index in [2.05, 4.69) is 10.3 Å². The lowest BCUT2D eigenvalue weighted by molar-refractivity contribution is -0.163. The molecule has 2 unspecified atom stereocenters. The summed E-state index contributed by atoms with van der Waals surface area (Å²) in [4.78, 5) is 28.6. The van der Waals surface area contributed by atoms with Gasteiger partial charge in [0.25, 0.3) is 5.91 Å². The molecule has 3 rings (SSSR count). The third-order valence-corrected chi connectivity index (χ3v) is 6.24. The number of carbonyl (C=O) groups is 2. The number of amides is 2. The van der Waals surface area contributed by atoms with Crippen LogP contribution >= 0.6 is 11.8 Å². The molecule has 6 nitrogen and oxygen atoms in total. The summed E-state index contributed by atoms with van der Waals surface area (Å²) in [5.41, 5.74) is 5.74. The number of carbonyl (C=O) groups excluding carboxylic acids is 2. The lowest BCUT2D eigenvalue weighted by atomic mass is 9.76. The van der Waals surface area contributed by atoms with Gasteiger partial charge in [-0.1, -0.05) is 6.08 Å². The molecule has 0 aromatic heterocycles. The van der Waals surface area contributed by atoms with Gasteiger partial charge in [0, 0.05) is 11.2 Å². The van der Waals surface area contributed by atoms with E-state index in [0.29, 0.717) is 29.3 Å². The van der Waals surface area contributed by atoms with Crippen molar-refractivity contribution >= 4 is 29.3 Å². The van der Waals surface area contributed by atoms with E-state index in [1.807, 2.05) is 33.8 Å². The Bertz CT molecular complexity index is 691. The van der Waals surface area contributed by atoms with Crippen LogP contribution in [-0.2, 0) is 14.3 Å². The first-order valence-corrected chi connectivity index (χ1v) is 8.92. The fourth-order valence-corrected chi connectivity index (χ4v) is 5.36. The standard InChI is InChI=1S/C17H23N3O3S/c1-16(2)8-9-11(13(18)21)15(24-12(9)17(3,4)23-16)20-14(22)10-6-5-7-19-10/h5-6,9,12H,7-8H2,1-4H3,(H2,18,21)(H,20,22). The summed E-state index contributed by atoms with van der Waals surface area (Å²) in [5, 5.41) is 3.41. The summed E-state index contributed by atoms with van der Waals surface area (Å²) in [6.07, 6.45) is 4.19. The molecule has 1 saturated heterocycles. The van der Waals surface area contributed by atoms with E-state index in [9.17, 15) is 9.59 Å².